The SMILES string of the molecule is CCN(C(C)COC)S(=O)(=O)c1c(N)nc2ccccn12. The van der Waals surface area contributed by atoms with E-state index in [1.54, 1.807) is 45.4 Å². The molecule has 0 saturated carbocycles. The largest absolute Gasteiger partial charge is 0.383 e. The van der Waals surface area contributed by atoms with E-state index in [1.165, 1.54) is 8.71 Å². The summed E-state index contributed by atoms with van der Waals surface area (Å²) in [6, 6.07) is 4.94. The fraction of sp³-hybridized carbons (Fsp3) is 0.462. The summed E-state index contributed by atoms with van der Waals surface area (Å²) in [5.74, 6) is 0.00395. The van der Waals surface area contributed by atoms with E-state index in [2.05, 4.69) is 4.98 Å². The molecule has 0 fully saturated rings. The first-order valence-corrected chi connectivity index (χ1v) is 8.10. The van der Waals surface area contributed by atoms with Crippen molar-refractivity contribution in [1.82, 2.24) is 13.7 Å². The van der Waals surface area contributed by atoms with Crippen molar-refractivity contribution >= 4 is 21.5 Å². The quantitative estimate of drug-likeness (QED) is 0.858. The minimum Gasteiger partial charge on any atom is -0.383 e. The summed E-state index contributed by atoms with van der Waals surface area (Å²) in [5.41, 5.74) is 6.34. The molecule has 21 heavy (non-hydrogen) atoms. The Bertz CT molecular complexity index is 726. The van der Waals surface area contributed by atoms with Crippen LogP contribution in [0, 0.1) is 0 Å². The number of nitrogens with two attached hydrogens (primary N) is 1. The van der Waals surface area contributed by atoms with Gasteiger partial charge in [0, 0.05) is 25.9 Å². The van der Waals surface area contributed by atoms with Crippen molar-refractivity contribution in [2.45, 2.75) is 24.9 Å². The number of methoxy groups -OCH3 is 1. The van der Waals surface area contributed by atoms with Gasteiger partial charge in [-0.05, 0) is 19.1 Å². The molecule has 2 N–H and O–H groups in total. The third-order valence-corrected chi connectivity index (χ3v) is 5.41. The molecule has 0 amide bonds. The Morgan fingerprint density at radius 2 is 2.19 bits per heavy atom. The highest BCUT2D eigenvalue weighted by atomic mass is 32.2. The van der Waals surface area contributed by atoms with Gasteiger partial charge in [-0.15, -0.1) is 0 Å². The predicted molar refractivity (Wildman–Crippen MR) is 80.5 cm³/mol. The topological polar surface area (TPSA) is 89.9 Å². The molecule has 0 saturated heterocycles. The van der Waals surface area contributed by atoms with Gasteiger partial charge < -0.3 is 10.5 Å². The maximum Gasteiger partial charge on any atom is 0.263 e. The van der Waals surface area contributed by atoms with Crippen LogP contribution in [0.15, 0.2) is 29.4 Å². The zero-order valence-electron chi connectivity index (χ0n) is 12.4. The number of nitrogen functional groups attached to an aromatic ring is 1. The molecule has 0 radical (unpaired) electrons. The van der Waals surface area contributed by atoms with E-state index in [1.807, 2.05) is 0 Å². The first kappa shape index (κ1) is 15.7. The van der Waals surface area contributed by atoms with E-state index in [4.69, 9.17) is 10.5 Å². The van der Waals surface area contributed by atoms with Gasteiger partial charge in [0.05, 0.1) is 6.61 Å². The number of nitrogens with zero attached hydrogens (tertiary/aromatic N) is 3. The molecule has 0 aromatic carbocycles. The zero-order valence-corrected chi connectivity index (χ0v) is 13.2. The van der Waals surface area contributed by atoms with Crippen LogP contribution in [0.3, 0.4) is 0 Å². The molecule has 0 aliphatic carbocycles. The summed E-state index contributed by atoms with van der Waals surface area (Å²) in [4.78, 5) is 4.11. The molecule has 0 aliphatic heterocycles. The Hall–Kier alpha value is -1.64. The Kier molecular flexibility index (Phi) is 4.50. The van der Waals surface area contributed by atoms with E-state index in [-0.39, 0.29) is 16.9 Å². The van der Waals surface area contributed by atoms with Crippen LogP contribution in [-0.4, -0.2) is 48.4 Å². The minimum absolute atomic E-state index is 0.00269. The standard InChI is InChI=1S/C13H20N4O3S/c1-4-17(10(2)9-20-3)21(18,19)13-12(14)15-11-7-5-6-8-16(11)13/h5-8,10H,4,9,14H2,1-3H3. The van der Waals surface area contributed by atoms with Crippen molar-refractivity contribution in [3.8, 4) is 0 Å². The molecule has 7 nitrogen and oxygen atoms in total. The van der Waals surface area contributed by atoms with Crippen molar-refractivity contribution < 1.29 is 13.2 Å². The Balaban J connectivity index is 2.58. The molecule has 2 heterocycles. The third kappa shape index (κ3) is 2.74. The van der Waals surface area contributed by atoms with E-state index in [0.717, 1.165) is 0 Å². The normalized spacial score (nSPS) is 13.9. The average Bonchev–Trinajstić information content (AvgIpc) is 2.75. The first-order valence-electron chi connectivity index (χ1n) is 6.66. The van der Waals surface area contributed by atoms with Crippen LogP contribution in [0.1, 0.15) is 13.8 Å². The Morgan fingerprint density at radius 3 is 2.81 bits per heavy atom. The maximum absolute atomic E-state index is 12.9. The van der Waals surface area contributed by atoms with Crippen LogP contribution in [-0.2, 0) is 14.8 Å². The number of likely N-dealkylation sites (N-methyl/N-ethyl adjacent to an activating group) is 1. The summed E-state index contributed by atoms with van der Waals surface area (Å²) >= 11 is 0. The monoisotopic (exact) mass is 312 g/mol. The Morgan fingerprint density at radius 1 is 1.48 bits per heavy atom. The number of sulfonamides is 1. The fourth-order valence-electron chi connectivity index (χ4n) is 2.40. The van der Waals surface area contributed by atoms with Gasteiger partial charge in [-0.1, -0.05) is 13.0 Å². The van der Waals surface area contributed by atoms with Gasteiger partial charge in [0.1, 0.15) is 5.65 Å². The van der Waals surface area contributed by atoms with Crippen molar-refractivity contribution in [2.75, 3.05) is 26.0 Å². The summed E-state index contributed by atoms with van der Waals surface area (Å²) in [7, 11) is -2.22. The average molecular weight is 312 g/mol. The lowest BCUT2D eigenvalue weighted by Crippen LogP contribution is -2.41. The van der Waals surface area contributed by atoms with Crippen molar-refractivity contribution in [3.63, 3.8) is 0 Å². The predicted octanol–water partition coefficient (Wildman–Crippen LogP) is 0.962. The molecule has 1 atom stereocenters. The van der Waals surface area contributed by atoms with Gasteiger partial charge in [0.2, 0.25) is 0 Å². The fourth-order valence-corrected chi connectivity index (χ4v) is 4.21. The molecule has 2 rings (SSSR count). The lowest BCUT2D eigenvalue weighted by Gasteiger charge is -2.26. The lowest BCUT2D eigenvalue weighted by molar-refractivity contribution is 0.142. The molecular weight excluding hydrogens is 292 g/mol. The first-order chi connectivity index (χ1) is 9.93. The second kappa shape index (κ2) is 6.00. The van der Waals surface area contributed by atoms with Gasteiger partial charge >= 0.3 is 0 Å². The molecular formula is C13H20N4O3S. The molecule has 0 bridgehead atoms. The number of rotatable bonds is 6. The van der Waals surface area contributed by atoms with E-state index < -0.39 is 10.0 Å². The van der Waals surface area contributed by atoms with Crippen molar-refractivity contribution in [3.05, 3.63) is 24.4 Å². The van der Waals surface area contributed by atoms with Crippen LogP contribution in [0.2, 0.25) is 0 Å². The third-order valence-electron chi connectivity index (χ3n) is 3.28. The summed E-state index contributed by atoms with van der Waals surface area (Å²) < 4.78 is 33.7. The smallest absolute Gasteiger partial charge is 0.263 e. The summed E-state index contributed by atoms with van der Waals surface area (Å²) in [6.45, 7) is 4.21. The number of imidazole rings is 1. The second-order valence-electron chi connectivity index (χ2n) is 4.74. The molecule has 8 heteroatoms. The van der Waals surface area contributed by atoms with Crippen LogP contribution < -0.4 is 5.73 Å². The number of hydrogen-bond acceptors (Lipinski definition) is 5. The molecule has 2 aromatic heterocycles. The number of fused-ring (bicyclic) bond motifs is 1. The molecule has 2 aromatic rings. The number of hydrogen-bond donors (Lipinski definition) is 1. The zero-order chi connectivity index (χ0) is 15.6. The summed E-state index contributed by atoms with van der Waals surface area (Å²) in [6.07, 6.45) is 1.64. The van der Waals surface area contributed by atoms with Gasteiger partial charge in [0.15, 0.2) is 10.8 Å². The number of aromatic nitrogens is 2. The highest BCUT2D eigenvalue weighted by Gasteiger charge is 2.32. The Labute approximate surface area is 124 Å². The summed E-state index contributed by atoms with van der Waals surface area (Å²) in [5, 5.41) is 0.00269. The van der Waals surface area contributed by atoms with E-state index in [0.29, 0.717) is 18.8 Å². The molecule has 0 aliphatic rings. The van der Waals surface area contributed by atoms with Crippen molar-refractivity contribution in [1.29, 1.82) is 0 Å². The van der Waals surface area contributed by atoms with Gasteiger partial charge in [-0.25, -0.2) is 13.4 Å². The van der Waals surface area contributed by atoms with E-state index in [9.17, 15) is 8.42 Å². The van der Waals surface area contributed by atoms with Crippen LogP contribution in [0.25, 0.3) is 5.65 Å². The van der Waals surface area contributed by atoms with Crippen LogP contribution >= 0.6 is 0 Å². The molecule has 1 unspecified atom stereocenters. The lowest BCUT2D eigenvalue weighted by atomic mass is 10.4. The maximum atomic E-state index is 12.9. The number of ether oxygens (including phenoxy) is 1. The highest BCUT2D eigenvalue weighted by Crippen LogP contribution is 2.25. The van der Waals surface area contributed by atoms with Crippen molar-refractivity contribution in [2.24, 2.45) is 0 Å². The highest BCUT2D eigenvalue weighted by molar-refractivity contribution is 7.89. The number of pyridine rings is 1. The minimum atomic E-state index is -3.76. The van der Waals surface area contributed by atoms with Gasteiger partial charge in [-0.2, -0.15) is 4.31 Å². The second-order valence-corrected chi connectivity index (χ2v) is 6.55. The molecule has 116 valence electrons. The van der Waals surface area contributed by atoms with E-state index >= 15 is 0 Å². The number of anilines is 1. The molecule has 0 spiro atoms. The van der Waals surface area contributed by atoms with Crippen LogP contribution in [0.5, 0.6) is 0 Å². The van der Waals surface area contributed by atoms with Gasteiger partial charge in [0.25, 0.3) is 10.0 Å². The van der Waals surface area contributed by atoms with Gasteiger partial charge in [-0.3, -0.25) is 4.40 Å². The van der Waals surface area contributed by atoms with Crippen LogP contribution in [0.4, 0.5) is 5.82 Å².